The van der Waals surface area contributed by atoms with Crippen molar-refractivity contribution >= 4 is 23.6 Å². The van der Waals surface area contributed by atoms with Crippen LogP contribution in [0.4, 0.5) is 0 Å². The first-order valence-corrected chi connectivity index (χ1v) is 10.0. The number of amides is 2. The topological polar surface area (TPSA) is 88.3 Å². The summed E-state index contributed by atoms with van der Waals surface area (Å²) in [7, 11) is 3.36. The standard InChI is InChI=1S/C21H22N4O3S/c1-14-23-19(28-24-14)13-29-18-7-5-4-6-17(18)21(27)25(3)12-15-8-10-16(11-9-15)20(26)22-2/h4-11H,12-13H2,1-3H3,(H,22,26). The van der Waals surface area contributed by atoms with Gasteiger partial charge in [-0.2, -0.15) is 4.98 Å². The molecule has 0 bridgehead atoms. The number of rotatable bonds is 7. The minimum atomic E-state index is -0.136. The summed E-state index contributed by atoms with van der Waals surface area (Å²) in [5, 5.41) is 6.38. The molecule has 0 fully saturated rings. The number of aromatic nitrogens is 2. The molecular weight excluding hydrogens is 388 g/mol. The Labute approximate surface area is 173 Å². The van der Waals surface area contributed by atoms with Crippen LogP contribution in [-0.4, -0.2) is 41.0 Å². The zero-order valence-electron chi connectivity index (χ0n) is 16.5. The minimum Gasteiger partial charge on any atom is -0.355 e. The predicted molar refractivity (Wildman–Crippen MR) is 111 cm³/mol. The second-order valence-electron chi connectivity index (χ2n) is 6.46. The van der Waals surface area contributed by atoms with Crippen LogP contribution in [0, 0.1) is 6.92 Å². The highest BCUT2D eigenvalue weighted by Gasteiger charge is 2.17. The molecule has 2 amide bonds. The maximum Gasteiger partial charge on any atom is 0.255 e. The first-order chi connectivity index (χ1) is 14.0. The van der Waals surface area contributed by atoms with E-state index in [9.17, 15) is 9.59 Å². The van der Waals surface area contributed by atoms with E-state index < -0.39 is 0 Å². The molecule has 1 heterocycles. The third-order valence-corrected chi connectivity index (χ3v) is 5.31. The first kappa shape index (κ1) is 20.6. The summed E-state index contributed by atoms with van der Waals surface area (Å²) in [6.07, 6.45) is 0. The van der Waals surface area contributed by atoms with Crippen molar-refractivity contribution in [2.45, 2.75) is 24.1 Å². The van der Waals surface area contributed by atoms with Crippen molar-refractivity contribution < 1.29 is 14.1 Å². The largest absolute Gasteiger partial charge is 0.355 e. The molecule has 0 aliphatic heterocycles. The number of hydrogen-bond acceptors (Lipinski definition) is 6. The fourth-order valence-electron chi connectivity index (χ4n) is 2.76. The summed E-state index contributed by atoms with van der Waals surface area (Å²) in [5.74, 6) is 1.40. The maximum atomic E-state index is 13.0. The SMILES string of the molecule is CNC(=O)c1ccc(CN(C)C(=O)c2ccccc2SCc2nc(C)no2)cc1. The molecule has 0 aliphatic carbocycles. The normalized spacial score (nSPS) is 10.6. The van der Waals surface area contributed by atoms with Crippen molar-refractivity contribution in [3.8, 4) is 0 Å². The predicted octanol–water partition coefficient (Wildman–Crippen LogP) is 3.30. The summed E-state index contributed by atoms with van der Waals surface area (Å²) in [6, 6.07) is 14.7. The highest BCUT2D eigenvalue weighted by atomic mass is 32.2. The molecule has 7 nitrogen and oxygen atoms in total. The van der Waals surface area contributed by atoms with Gasteiger partial charge in [-0.15, -0.1) is 11.8 Å². The Balaban J connectivity index is 1.68. The molecule has 3 rings (SSSR count). The summed E-state index contributed by atoms with van der Waals surface area (Å²) in [4.78, 5) is 31.4. The Hall–Kier alpha value is -3.13. The number of thioether (sulfide) groups is 1. The molecule has 0 saturated carbocycles. The van der Waals surface area contributed by atoms with E-state index in [1.54, 1.807) is 38.1 Å². The van der Waals surface area contributed by atoms with Gasteiger partial charge < -0.3 is 14.7 Å². The van der Waals surface area contributed by atoms with Crippen molar-refractivity contribution in [1.29, 1.82) is 0 Å². The van der Waals surface area contributed by atoms with E-state index in [2.05, 4.69) is 15.5 Å². The number of hydrogen-bond donors (Lipinski definition) is 1. The Morgan fingerprint density at radius 1 is 1.14 bits per heavy atom. The number of nitrogens with zero attached hydrogens (tertiary/aromatic N) is 3. The van der Waals surface area contributed by atoms with E-state index in [1.807, 2.05) is 36.4 Å². The van der Waals surface area contributed by atoms with Gasteiger partial charge in [0.05, 0.1) is 11.3 Å². The third kappa shape index (κ3) is 5.23. The lowest BCUT2D eigenvalue weighted by molar-refractivity contribution is 0.0781. The smallest absolute Gasteiger partial charge is 0.255 e. The van der Waals surface area contributed by atoms with Crippen LogP contribution in [0.25, 0.3) is 0 Å². The van der Waals surface area contributed by atoms with Gasteiger partial charge in [0.25, 0.3) is 11.8 Å². The van der Waals surface area contributed by atoms with Gasteiger partial charge in [0.1, 0.15) is 0 Å². The monoisotopic (exact) mass is 410 g/mol. The molecule has 1 N–H and O–H groups in total. The van der Waals surface area contributed by atoms with E-state index in [4.69, 9.17) is 4.52 Å². The lowest BCUT2D eigenvalue weighted by Gasteiger charge is -2.19. The zero-order valence-corrected chi connectivity index (χ0v) is 17.3. The van der Waals surface area contributed by atoms with Crippen molar-refractivity contribution in [2.75, 3.05) is 14.1 Å². The quantitative estimate of drug-likeness (QED) is 0.601. The van der Waals surface area contributed by atoms with Gasteiger partial charge in [-0.25, -0.2) is 0 Å². The molecule has 0 unspecified atom stereocenters. The number of carbonyl (C=O) groups is 2. The van der Waals surface area contributed by atoms with Crippen molar-refractivity contribution in [2.24, 2.45) is 0 Å². The highest BCUT2D eigenvalue weighted by Crippen LogP contribution is 2.27. The molecule has 8 heteroatoms. The van der Waals surface area contributed by atoms with Gasteiger partial charge in [0.15, 0.2) is 5.82 Å². The average molecular weight is 410 g/mol. The van der Waals surface area contributed by atoms with Gasteiger partial charge in [-0.05, 0) is 36.8 Å². The number of nitrogens with one attached hydrogen (secondary N) is 1. The fourth-order valence-corrected chi connectivity index (χ4v) is 3.65. The van der Waals surface area contributed by atoms with Gasteiger partial charge in [0.2, 0.25) is 5.89 Å². The van der Waals surface area contributed by atoms with E-state index in [1.165, 1.54) is 11.8 Å². The molecule has 0 atom stereocenters. The number of carbonyl (C=O) groups excluding carboxylic acids is 2. The van der Waals surface area contributed by atoms with Crippen LogP contribution in [0.1, 0.15) is 38.0 Å². The molecule has 2 aromatic carbocycles. The van der Waals surface area contributed by atoms with Crippen LogP contribution in [0.3, 0.4) is 0 Å². The van der Waals surface area contributed by atoms with E-state index in [0.29, 0.717) is 35.1 Å². The molecule has 0 saturated heterocycles. The molecule has 3 aromatic rings. The van der Waals surface area contributed by atoms with Crippen LogP contribution in [-0.2, 0) is 12.3 Å². The van der Waals surface area contributed by atoms with Crippen molar-refractivity contribution in [3.05, 3.63) is 76.9 Å². The van der Waals surface area contributed by atoms with Gasteiger partial charge in [-0.1, -0.05) is 29.4 Å². The van der Waals surface area contributed by atoms with E-state index in [0.717, 1.165) is 10.5 Å². The van der Waals surface area contributed by atoms with Crippen LogP contribution < -0.4 is 5.32 Å². The lowest BCUT2D eigenvalue weighted by Crippen LogP contribution is -2.26. The Kier molecular flexibility index (Phi) is 6.66. The Morgan fingerprint density at radius 2 is 1.86 bits per heavy atom. The van der Waals surface area contributed by atoms with Gasteiger partial charge >= 0.3 is 0 Å². The van der Waals surface area contributed by atoms with E-state index >= 15 is 0 Å². The molecule has 0 spiro atoms. The Bertz CT molecular complexity index is 1000. The summed E-state index contributed by atoms with van der Waals surface area (Å²) >= 11 is 1.48. The molecular formula is C21H22N4O3S. The van der Waals surface area contributed by atoms with Crippen LogP contribution >= 0.6 is 11.8 Å². The lowest BCUT2D eigenvalue weighted by atomic mass is 10.1. The van der Waals surface area contributed by atoms with Gasteiger partial charge in [0, 0.05) is 31.1 Å². The van der Waals surface area contributed by atoms with Crippen LogP contribution in [0.2, 0.25) is 0 Å². The summed E-state index contributed by atoms with van der Waals surface area (Å²) in [6.45, 7) is 2.21. The zero-order chi connectivity index (χ0) is 20.8. The number of aryl methyl sites for hydroxylation is 1. The average Bonchev–Trinajstić information content (AvgIpc) is 3.17. The molecule has 0 radical (unpaired) electrons. The fraction of sp³-hybridized carbons (Fsp3) is 0.238. The van der Waals surface area contributed by atoms with Crippen LogP contribution in [0.5, 0.6) is 0 Å². The summed E-state index contributed by atoms with van der Waals surface area (Å²) in [5.41, 5.74) is 2.15. The highest BCUT2D eigenvalue weighted by molar-refractivity contribution is 7.98. The molecule has 29 heavy (non-hydrogen) atoms. The second-order valence-corrected chi connectivity index (χ2v) is 7.47. The van der Waals surface area contributed by atoms with Crippen molar-refractivity contribution in [3.63, 3.8) is 0 Å². The molecule has 1 aromatic heterocycles. The van der Waals surface area contributed by atoms with Gasteiger partial charge in [-0.3, -0.25) is 9.59 Å². The van der Waals surface area contributed by atoms with Crippen LogP contribution in [0.15, 0.2) is 57.9 Å². The Morgan fingerprint density at radius 3 is 2.52 bits per heavy atom. The van der Waals surface area contributed by atoms with E-state index in [-0.39, 0.29) is 11.8 Å². The third-order valence-electron chi connectivity index (χ3n) is 4.25. The first-order valence-electron chi connectivity index (χ1n) is 9.05. The number of benzene rings is 2. The molecule has 150 valence electrons. The molecule has 0 aliphatic rings. The summed E-state index contributed by atoms with van der Waals surface area (Å²) < 4.78 is 5.14. The van der Waals surface area contributed by atoms with Crippen molar-refractivity contribution in [1.82, 2.24) is 20.4 Å². The maximum absolute atomic E-state index is 13.0. The minimum absolute atomic E-state index is 0.0785. The second kappa shape index (κ2) is 9.38.